The van der Waals surface area contributed by atoms with E-state index in [0.29, 0.717) is 24.6 Å². The van der Waals surface area contributed by atoms with E-state index in [1.165, 1.54) is 10.9 Å². The zero-order valence-corrected chi connectivity index (χ0v) is 13.6. The Hall–Kier alpha value is -2.95. The molecule has 3 aromatic rings. The molecule has 0 saturated heterocycles. The molecule has 3 rings (SSSR count). The van der Waals surface area contributed by atoms with Crippen molar-refractivity contribution in [1.29, 1.82) is 0 Å². The van der Waals surface area contributed by atoms with E-state index in [4.69, 9.17) is 4.74 Å². The van der Waals surface area contributed by atoms with Gasteiger partial charge in [0.15, 0.2) is 0 Å². The second-order valence-corrected chi connectivity index (χ2v) is 5.46. The van der Waals surface area contributed by atoms with Crippen LogP contribution in [0.3, 0.4) is 0 Å². The van der Waals surface area contributed by atoms with E-state index in [1.54, 1.807) is 0 Å². The number of hydrogen-bond donors (Lipinski definition) is 3. The van der Waals surface area contributed by atoms with Crippen LogP contribution < -0.4 is 15.4 Å². The zero-order valence-electron chi connectivity index (χ0n) is 13.6. The number of H-pyrrole nitrogens is 1. The first-order chi connectivity index (χ1) is 11.8. The largest absolute Gasteiger partial charge is 0.492 e. The van der Waals surface area contributed by atoms with E-state index < -0.39 is 0 Å². The summed E-state index contributed by atoms with van der Waals surface area (Å²) < 4.78 is 5.50. The molecule has 0 aliphatic heterocycles. The molecule has 2 amide bonds. The molecule has 0 radical (unpaired) electrons. The third kappa shape index (κ3) is 3.87. The number of aromatic amines is 1. The molecular weight excluding hydrogens is 302 g/mol. The van der Waals surface area contributed by atoms with Crippen LogP contribution in [-0.4, -0.2) is 24.2 Å². The standard InChI is InChI=1S/C19H21N3O2/c1-2-24-18-6-4-3-5-17(18)22-19(23)21-11-9-14-7-8-16-15(13-14)10-12-20-16/h3-8,10,12-13,20H,2,9,11H2,1H3,(H2,21,22,23). The second-order valence-electron chi connectivity index (χ2n) is 5.46. The van der Waals surface area contributed by atoms with E-state index in [0.717, 1.165) is 11.9 Å². The molecule has 1 aromatic heterocycles. The third-order valence-electron chi connectivity index (χ3n) is 3.75. The highest BCUT2D eigenvalue weighted by atomic mass is 16.5. The van der Waals surface area contributed by atoms with Crippen LogP contribution in [0.15, 0.2) is 54.7 Å². The van der Waals surface area contributed by atoms with Crippen molar-refractivity contribution in [2.24, 2.45) is 0 Å². The zero-order chi connectivity index (χ0) is 16.8. The van der Waals surface area contributed by atoms with Gasteiger partial charge in [0.05, 0.1) is 12.3 Å². The van der Waals surface area contributed by atoms with Gasteiger partial charge in [-0.05, 0) is 54.6 Å². The highest BCUT2D eigenvalue weighted by molar-refractivity contribution is 5.90. The van der Waals surface area contributed by atoms with Gasteiger partial charge in [-0.1, -0.05) is 18.2 Å². The first kappa shape index (κ1) is 15.9. The maximum atomic E-state index is 12.0. The number of carbonyl (C=O) groups is 1. The van der Waals surface area contributed by atoms with Crippen molar-refractivity contribution in [3.05, 3.63) is 60.3 Å². The Morgan fingerprint density at radius 3 is 2.92 bits per heavy atom. The molecular formula is C19H21N3O2. The van der Waals surface area contributed by atoms with Crippen LogP contribution in [0.4, 0.5) is 10.5 Å². The SMILES string of the molecule is CCOc1ccccc1NC(=O)NCCc1ccc2[nH]ccc2c1. The lowest BCUT2D eigenvalue weighted by Gasteiger charge is -2.12. The second kappa shape index (κ2) is 7.55. The van der Waals surface area contributed by atoms with Gasteiger partial charge < -0.3 is 20.4 Å². The Bertz CT molecular complexity index is 826. The summed E-state index contributed by atoms with van der Waals surface area (Å²) in [5.74, 6) is 0.674. The molecule has 0 spiro atoms. The highest BCUT2D eigenvalue weighted by Crippen LogP contribution is 2.23. The van der Waals surface area contributed by atoms with Crippen molar-refractivity contribution in [1.82, 2.24) is 10.3 Å². The van der Waals surface area contributed by atoms with Gasteiger partial charge in [0.2, 0.25) is 0 Å². The molecule has 0 aliphatic rings. The molecule has 1 heterocycles. The minimum atomic E-state index is -0.232. The molecule has 0 aliphatic carbocycles. The monoisotopic (exact) mass is 323 g/mol. The van der Waals surface area contributed by atoms with Crippen LogP contribution in [-0.2, 0) is 6.42 Å². The molecule has 0 fully saturated rings. The van der Waals surface area contributed by atoms with E-state index in [2.05, 4.69) is 33.8 Å². The van der Waals surface area contributed by atoms with Crippen molar-refractivity contribution < 1.29 is 9.53 Å². The predicted molar refractivity (Wildman–Crippen MR) is 96.6 cm³/mol. The van der Waals surface area contributed by atoms with Crippen molar-refractivity contribution in [3.63, 3.8) is 0 Å². The van der Waals surface area contributed by atoms with Gasteiger partial charge >= 0.3 is 6.03 Å². The van der Waals surface area contributed by atoms with Crippen molar-refractivity contribution in [2.75, 3.05) is 18.5 Å². The molecule has 0 saturated carbocycles. The molecule has 2 aromatic carbocycles. The average Bonchev–Trinajstić information content (AvgIpc) is 3.04. The first-order valence-electron chi connectivity index (χ1n) is 8.09. The number of fused-ring (bicyclic) bond motifs is 1. The smallest absolute Gasteiger partial charge is 0.319 e. The Morgan fingerprint density at radius 1 is 1.17 bits per heavy atom. The molecule has 24 heavy (non-hydrogen) atoms. The number of amides is 2. The van der Waals surface area contributed by atoms with Crippen molar-refractivity contribution >= 4 is 22.6 Å². The fraction of sp³-hybridized carbons (Fsp3) is 0.211. The highest BCUT2D eigenvalue weighted by Gasteiger charge is 2.06. The Balaban J connectivity index is 1.52. The summed E-state index contributed by atoms with van der Waals surface area (Å²) in [6.07, 6.45) is 2.71. The van der Waals surface area contributed by atoms with E-state index in [9.17, 15) is 4.79 Å². The quantitative estimate of drug-likeness (QED) is 0.643. The molecule has 5 heteroatoms. The van der Waals surface area contributed by atoms with Crippen LogP contribution in [0.25, 0.3) is 10.9 Å². The van der Waals surface area contributed by atoms with Crippen LogP contribution in [0.1, 0.15) is 12.5 Å². The van der Waals surface area contributed by atoms with E-state index in [1.807, 2.05) is 43.5 Å². The first-order valence-corrected chi connectivity index (χ1v) is 8.09. The summed E-state index contributed by atoms with van der Waals surface area (Å²) in [5.41, 5.74) is 2.99. The number of para-hydroxylation sites is 2. The van der Waals surface area contributed by atoms with Crippen LogP contribution >= 0.6 is 0 Å². The van der Waals surface area contributed by atoms with Crippen LogP contribution in [0.5, 0.6) is 5.75 Å². The van der Waals surface area contributed by atoms with Crippen LogP contribution in [0.2, 0.25) is 0 Å². The third-order valence-corrected chi connectivity index (χ3v) is 3.75. The summed E-state index contributed by atoms with van der Waals surface area (Å²) in [7, 11) is 0. The number of aromatic nitrogens is 1. The summed E-state index contributed by atoms with van der Waals surface area (Å²) in [5, 5.41) is 6.89. The number of benzene rings is 2. The fourth-order valence-electron chi connectivity index (χ4n) is 2.60. The number of urea groups is 1. The van der Waals surface area contributed by atoms with Crippen molar-refractivity contribution in [2.45, 2.75) is 13.3 Å². The topological polar surface area (TPSA) is 66.2 Å². The maximum absolute atomic E-state index is 12.0. The van der Waals surface area contributed by atoms with Gasteiger partial charge in [-0.15, -0.1) is 0 Å². The number of nitrogens with one attached hydrogen (secondary N) is 3. The van der Waals surface area contributed by atoms with E-state index >= 15 is 0 Å². The van der Waals surface area contributed by atoms with Crippen LogP contribution in [0, 0.1) is 0 Å². The Labute approximate surface area is 141 Å². The minimum absolute atomic E-state index is 0.232. The van der Waals surface area contributed by atoms with Gasteiger partial charge in [0.25, 0.3) is 0 Å². The van der Waals surface area contributed by atoms with Gasteiger partial charge in [-0.3, -0.25) is 0 Å². The number of hydrogen-bond acceptors (Lipinski definition) is 2. The minimum Gasteiger partial charge on any atom is -0.492 e. The molecule has 0 atom stereocenters. The average molecular weight is 323 g/mol. The summed E-state index contributed by atoms with van der Waals surface area (Å²) in [4.78, 5) is 15.2. The fourth-order valence-corrected chi connectivity index (χ4v) is 2.60. The van der Waals surface area contributed by atoms with Crippen molar-refractivity contribution in [3.8, 4) is 5.75 Å². The number of rotatable bonds is 6. The summed E-state index contributed by atoms with van der Waals surface area (Å²) in [6, 6.07) is 15.5. The Morgan fingerprint density at radius 2 is 2.04 bits per heavy atom. The molecule has 0 bridgehead atoms. The Kier molecular flexibility index (Phi) is 5.01. The number of ether oxygens (including phenoxy) is 1. The van der Waals surface area contributed by atoms with Gasteiger partial charge in [0, 0.05) is 18.3 Å². The van der Waals surface area contributed by atoms with E-state index in [-0.39, 0.29) is 6.03 Å². The lowest BCUT2D eigenvalue weighted by atomic mass is 10.1. The van der Waals surface area contributed by atoms with Gasteiger partial charge in [-0.25, -0.2) is 4.79 Å². The lowest BCUT2D eigenvalue weighted by Crippen LogP contribution is -2.30. The summed E-state index contributed by atoms with van der Waals surface area (Å²) in [6.45, 7) is 3.04. The van der Waals surface area contributed by atoms with Gasteiger partial charge in [0.1, 0.15) is 5.75 Å². The summed E-state index contributed by atoms with van der Waals surface area (Å²) >= 11 is 0. The number of carbonyl (C=O) groups excluding carboxylic acids is 1. The van der Waals surface area contributed by atoms with Gasteiger partial charge in [-0.2, -0.15) is 0 Å². The number of anilines is 1. The molecule has 0 unspecified atom stereocenters. The normalized spacial score (nSPS) is 10.5. The molecule has 5 nitrogen and oxygen atoms in total. The lowest BCUT2D eigenvalue weighted by molar-refractivity contribution is 0.252. The molecule has 3 N–H and O–H groups in total. The maximum Gasteiger partial charge on any atom is 0.319 e. The predicted octanol–water partition coefficient (Wildman–Crippen LogP) is 3.93. The molecule has 124 valence electrons.